The Kier molecular flexibility index (Phi) is 2.43. The van der Waals surface area contributed by atoms with Gasteiger partial charge in [0.15, 0.2) is 0 Å². The maximum atomic E-state index is 12.2. The predicted molar refractivity (Wildman–Crippen MR) is 68.4 cm³/mol. The molecule has 5 rings (SSSR count). The monoisotopic (exact) mass is 263 g/mol. The van der Waals surface area contributed by atoms with E-state index in [-0.39, 0.29) is 24.9 Å². The van der Waals surface area contributed by atoms with Gasteiger partial charge in [-0.3, -0.25) is 14.6 Å². The Bertz CT molecular complexity index is 408. The number of carbonyl (C=O) groups excluding carboxylic acids is 2. The summed E-state index contributed by atoms with van der Waals surface area (Å²) in [5.41, 5.74) is 0. The molecule has 0 atom stereocenters. The summed E-state index contributed by atoms with van der Waals surface area (Å²) in [6.07, 6.45) is 6.47. The number of hydrazine groups is 1. The van der Waals surface area contributed by atoms with E-state index in [1.165, 1.54) is 32.1 Å². The smallest absolute Gasteiger partial charge is 0.256 e. The SMILES string of the molecule is NN1CC(=O)N(C2C3CC4CC(C3)CC2C4)CC1=O. The van der Waals surface area contributed by atoms with Gasteiger partial charge in [-0.05, 0) is 55.8 Å². The van der Waals surface area contributed by atoms with E-state index >= 15 is 0 Å². The first-order chi connectivity index (χ1) is 9.11. The molecule has 5 heteroatoms. The molecule has 2 N–H and O–H groups in total. The van der Waals surface area contributed by atoms with Crippen LogP contribution in [0.5, 0.6) is 0 Å². The minimum Gasteiger partial charge on any atom is -0.328 e. The first kappa shape index (κ1) is 11.7. The van der Waals surface area contributed by atoms with Crippen LogP contribution < -0.4 is 5.84 Å². The van der Waals surface area contributed by atoms with Gasteiger partial charge in [0.1, 0.15) is 13.1 Å². The predicted octanol–water partition coefficient (Wildman–Crippen LogP) is 0.356. The average molecular weight is 263 g/mol. The lowest BCUT2D eigenvalue weighted by Gasteiger charge is -2.57. The quantitative estimate of drug-likeness (QED) is 0.548. The summed E-state index contributed by atoms with van der Waals surface area (Å²) in [5.74, 6) is 8.52. The summed E-state index contributed by atoms with van der Waals surface area (Å²) in [7, 11) is 0. The lowest BCUT2D eigenvalue weighted by atomic mass is 9.54. The topological polar surface area (TPSA) is 66.6 Å². The van der Waals surface area contributed by atoms with Gasteiger partial charge in [-0.1, -0.05) is 0 Å². The second-order valence-corrected chi connectivity index (χ2v) is 6.96. The Morgan fingerprint density at radius 3 is 2.00 bits per heavy atom. The minimum atomic E-state index is -0.117. The van der Waals surface area contributed by atoms with Crippen LogP contribution in [0.15, 0.2) is 0 Å². The Labute approximate surface area is 113 Å². The van der Waals surface area contributed by atoms with Crippen molar-refractivity contribution in [1.29, 1.82) is 0 Å². The van der Waals surface area contributed by atoms with Gasteiger partial charge in [-0.25, -0.2) is 5.84 Å². The fourth-order valence-corrected chi connectivity index (χ4v) is 5.33. The average Bonchev–Trinajstić information content (AvgIpc) is 2.34. The molecule has 0 spiro atoms. The number of carbonyl (C=O) groups is 2. The molecule has 2 amide bonds. The van der Waals surface area contributed by atoms with Crippen molar-refractivity contribution in [3.05, 3.63) is 0 Å². The van der Waals surface area contributed by atoms with E-state index < -0.39 is 0 Å². The molecule has 4 saturated carbocycles. The third kappa shape index (κ3) is 1.71. The highest BCUT2D eigenvalue weighted by Gasteiger charge is 2.52. The molecule has 4 bridgehead atoms. The third-order valence-corrected chi connectivity index (χ3v) is 5.79. The molecule has 0 aromatic heterocycles. The van der Waals surface area contributed by atoms with Crippen molar-refractivity contribution in [3.8, 4) is 0 Å². The van der Waals surface area contributed by atoms with Crippen molar-refractivity contribution in [3.63, 3.8) is 0 Å². The molecule has 4 aliphatic carbocycles. The summed E-state index contributed by atoms with van der Waals surface area (Å²) < 4.78 is 0. The largest absolute Gasteiger partial charge is 0.328 e. The minimum absolute atomic E-state index is 0.0413. The van der Waals surface area contributed by atoms with Crippen LogP contribution in [0.3, 0.4) is 0 Å². The van der Waals surface area contributed by atoms with Gasteiger partial charge in [-0.15, -0.1) is 0 Å². The van der Waals surface area contributed by atoms with Crippen LogP contribution in [0, 0.1) is 23.7 Å². The molecular weight excluding hydrogens is 242 g/mol. The fraction of sp³-hybridized carbons (Fsp3) is 0.857. The molecule has 1 aliphatic heterocycles. The molecule has 0 aromatic carbocycles. The molecule has 5 aliphatic rings. The highest BCUT2D eigenvalue weighted by atomic mass is 16.2. The maximum absolute atomic E-state index is 12.2. The number of hydrogen-bond acceptors (Lipinski definition) is 3. The Morgan fingerprint density at radius 1 is 0.842 bits per heavy atom. The van der Waals surface area contributed by atoms with Gasteiger partial charge in [0.2, 0.25) is 5.91 Å². The van der Waals surface area contributed by atoms with Crippen molar-refractivity contribution < 1.29 is 9.59 Å². The summed E-state index contributed by atoms with van der Waals surface area (Å²) in [5, 5.41) is 1.06. The van der Waals surface area contributed by atoms with E-state index in [2.05, 4.69) is 0 Å². The normalized spacial score (nSPS) is 45.2. The van der Waals surface area contributed by atoms with E-state index in [1.807, 2.05) is 4.90 Å². The van der Waals surface area contributed by atoms with Gasteiger partial charge in [0.05, 0.1) is 0 Å². The van der Waals surface area contributed by atoms with Crippen LogP contribution in [0.2, 0.25) is 0 Å². The van der Waals surface area contributed by atoms with Gasteiger partial charge in [0.25, 0.3) is 5.91 Å². The molecule has 104 valence electrons. The highest BCUT2D eigenvalue weighted by molar-refractivity contribution is 5.92. The zero-order chi connectivity index (χ0) is 13.1. The molecule has 5 nitrogen and oxygen atoms in total. The standard InChI is InChI=1S/C14H21N3O2/c15-17-7-12(18)16(6-13(17)19)14-10-2-8-1-9(4-10)5-11(14)3-8/h8-11,14H,1-7,15H2. The van der Waals surface area contributed by atoms with Gasteiger partial charge >= 0.3 is 0 Å². The van der Waals surface area contributed by atoms with Crippen LogP contribution in [0.4, 0.5) is 0 Å². The third-order valence-electron chi connectivity index (χ3n) is 5.79. The van der Waals surface area contributed by atoms with Crippen molar-refractivity contribution in [2.24, 2.45) is 29.5 Å². The summed E-state index contributed by atoms with van der Waals surface area (Å²) in [4.78, 5) is 25.9. The number of amides is 2. The first-order valence-electron chi connectivity index (χ1n) is 7.46. The first-order valence-corrected chi connectivity index (χ1v) is 7.46. The maximum Gasteiger partial charge on any atom is 0.256 e. The molecule has 0 aromatic rings. The second kappa shape index (κ2) is 3.95. The van der Waals surface area contributed by atoms with E-state index in [0.717, 1.165) is 16.8 Å². The molecular formula is C14H21N3O2. The highest BCUT2D eigenvalue weighted by Crippen LogP contribution is 2.55. The summed E-state index contributed by atoms with van der Waals surface area (Å²) >= 11 is 0. The second-order valence-electron chi connectivity index (χ2n) is 6.96. The zero-order valence-electron chi connectivity index (χ0n) is 11.1. The summed E-state index contributed by atoms with van der Waals surface area (Å²) in [6, 6.07) is 0.318. The Balaban J connectivity index is 1.59. The molecule has 0 radical (unpaired) electrons. The van der Waals surface area contributed by atoms with Crippen molar-refractivity contribution >= 4 is 11.8 Å². The molecule has 1 saturated heterocycles. The van der Waals surface area contributed by atoms with E-state index in [4.69, 9.17) is 5.84 Å². The molecule has 5 fully saturated rings. The Hall–Kier alpha value is -1.10. The van der Waals surface area contributed by atoms with E-state index in [0.29, 0.717) is 17.9 Å². The fourth-order valence-electron chi connectivity index (χ4n) is 5.33. The Morgan fingerprint density at radius 2 is 1.42 bits per heavy atom. The van der Waals surface area contributed by atoms with E-state index in [9.17, 15) is 9.59 Å². The van der Waals surface area contributed by atoms with Gasteiger partial charge < -0.3 is 4.90 Å². The molecule has 1 heterocycles. The number of nitrogens with zero attached hydrogens (tertiary/aromatic N) is 2. The summed E-state index contributed by atoms with van der Waals surface area (Å²) in [6.45, 7) is 0.254. The number of nitrogens with two attached hydrogens (primary N) is 1. The van der Waals surface area contributed by atoms with Crippen LogP contribution in [-0.4, -0.2) is 40.9 Å². The molecule has 19 heavy (non-hydrogen) atoms. The van der Waals surface area contributed by atoms with Crippen molar-refractivity contribution in [2.45, 2.75) is 38.1 Å². The number of rotatable bonds is 1. The lowest BCUT2D eigenvalue weighted by Crippen LogP contribution is -2.64. The molecule has 0 unspecified atom stereocenters. The van der Waals surface area contributed by atoms with E-state index in [1.54, 1.807) is 0 Å². The van der Waals surface area contributed by atoms with Crippen LogP contribution >= 0.6 is 0 Å². The zero-order valence-corrected chi connectivity index (χ0v) is 11.1. The number of hydrogen-bond donors (Lipinski definition) is 1. The van der Waals surface area contributed by atoms with Crippen LogP contribution in [0.1, 0.15) is 32.1 Å². The van der Waals surface area contributed by atoms with Gasteiger partial charge in [-0.2, -0.15) is 0 Å². The van der Waals surface area contributed by atoms with Crippen LogP contribution in [0.25, 0.3) is 0 Å². The van der Waals surface area contributed by atoms with Crippen molar-refractivity contribution in [1.82, 2.24) is 9.91 Å². The number of piperazine rings is 1. The van der Waals surface area contributed by atoms with Crippen molar-refractivity contribution in [2.75, 3.05) is 13.1 Å². The van der Waals surface area contributed by atoms with Gasteiger partial charge in [0, 0.05) is 6.04 Å². The van der Waals surface area contributed by atoms with Crippen LogP contribution in [-0.2, 0) is 9.59 Å². The lowest BCUT2D eigenvalue weighted by molar-refractivity contribution is -0.160.